The second kappa shape index (κ2) is 12.8. The Hall–Kier alpha value is -3.85. The lowest BCUT2D eigenvalue weighted by molar-refractivity contribution is -0.119. The zero-order valence-corrected chi connectivity index (χ0v) is 24.2. The van der Waals surface area contributed by atoms with Crippen molar-refractivity contribution in [2.24, 2.45) is 5.92 Å². The standard InChI is InChI=1S/C32H38N4O4S/c1-36(26-17-18-26)30-19-16-25(20-29(30)33-22-23-10-8-9-11-23)32(38)34-28(24-12-4-2-5-13-24)21-31(37)35-41(39,40)27-14-6-3-7-15-27/h2-7,12-16,19-20,23,26,28,33H,8-11,17-18,21-22H2,1H3,(H,34,38)(H,35,37). The van der Waals surface area contributed by atoms with E-state index in [-0.39, 0.29) is 17.2 Å². The molecule has 9 heteroatoms. The molecule has 3 aromatic rings. The van der Waals surface area contributed by atoms with Crippen molar-refractivity contribution in [1.82, 2.24) is 10.0 Å². The van der Waals surface area contributed by atoms with Crippen molar-refractivity contribution in [2.45, 2.75) is 61.9 Å². The molecule has 1 unspecified atom stereocenters. The predicted molar refractivity (Wildman–Crippen MR) is 161 cm³/mol. The lowest BCUT2D eigenvalue weighted by Gasteiger charge is -2.25. The van der Waals surface area contributed by atoms with Crippen LogP contribution < -0.4 is 20.3 Å². The Bertz CT molecular complexity index is 1450. The number of nitrogens with one attached hydrogen (secondary N) is 3. The topological polar surface area (TPSA) is 108 Å². The normalized spacial score (nSPS) is 16.1. The fourth-order valence-corrected chi connectivity index (χ4v) is 6.48. The van der Waals surface area contributed by atoms with Gasteiger partial charge in [0.15, 0.2) is 0 Å². The monoisotopic (exact) mass is 574 g/mol. The quantitative estimate of drug-likeness (QED) is 0.273. The summed E-state index contributed by atoms with van der Waals surface area (Å²) in [6, 6.07) is 22.3. The Morgan fingerprint density at radius 3 is 2.22 bits per heavy atom. The first-order chi connectivity index (χ1) is 19.8. The van der Waals surface area contributed by atoms with Gasteiger partial charge in [0.1, 0.15) is 0 Å². The minimum Gasteiger partial charge on any atom is -0.383 e. The molecule has 2 fully saturated rings. The summed E-state index contributed by atoms with van der Waals surface area (Å²) in [7, 11) is -1.93. The number of hydrogen-bond acceptors (Lipinski definition) is 6. The zero-order valence-electron chi connectivity index (χ0n) is 23.4. The molecule has 216 valence electrons. The molecule has 8 nitrogen and oxygen atoms in total. The maximum atomic E-state index is 13.6. The van der Waals surface area contributed by atoms with E-state index < -0.39 is 22.0 Å². The molecule has 2 aliphatic rings. The van der Waals surface area contributed by atoms with Crippen LogP contribution in [0.4, 0.5) is 11.4 Å². The van der Waals surface area contributed by atoms with E-state index in [1.807, 2.05) is 48.5 Å². The smallest absolute Gasteiger partial charge is 0.264 e. The fourth-order valence-electron chi connectivity index (χ4n) is 5.47. The van der Waals surface area contributed by atoms with E-state index in [4.69, 9.17) is 0 Å². The van der Waals surface area contributed by atoms with Crippen LogP contribution in [-0.4, -0.2) is 39.9 Å². The van der Waals surface area contributed by atoms with Crippen LogP contribution in [0.2, 0.25) is 0 Å². The van der Waals surface area contributed by atoms with Gasteiger partial charge in [0.2, 0.25) is 5.91 Å². The molecule has 0 heterocycles. The predicted octanol–water partition coefficient (Wildman–Crippen LogP) is 5.25. The van der Waals surface area contributed by atoms with E-state index in [1.165, 1.54) is 50.7 Å². The van der Waals surface area contributed by atoms with Crippen molar-refractivity contribution in [3.63, 3.8) is 0 Å². The highest BCUT2D eigenvalue weighted by Crippen LogP contribution is 2.36. The molecule has 5 rings (SSSR count). The van der Waals surface area contributed by atoms with Crippen molar-refractivity contribution in [2.75, 3.05) is 23.8 Å². The van der Waals surface area contributed by atoms with Gasteiger partial charge in [0.05, 0.1) is 28.7 Å². The third kappa shape index (κ3) is 7.47. The average Bonchev–Trinajstić information content (AvgIpc) is 3.70. The summed E-state index contributed by atoms with van der Waals surface area (Å²) in [5, 5.41) is 6.60. The van der Waals surface area contributed by atoms with E-state index in [9.17, 15) is 18.0 Å². The van der Waals surface area contributed by atoms with Crippen LogP contribution in [0.25, 0.3) is 0 Å². The molecule has 2 aliphatic carbocycles. The molecule has 2 amide bonds. The average molecular weight is 575 g/mol. The molecule has 3 N–H and O–H groups in total. The lowest BCUT2D eigenvalue weighted by Crippen LogP contribution is -2.36. The molecule has 0 radical (unpaired) electrons. The third-order valence-electron chi connectivity index (χ3n) is 7.99. The van der Waals surface area contributed by atoms with Crippen LogP contribution in [0, 0.1) is 5.92 Å². The van der Waals surface area contributed by atoms with Gasteiger partial charge in [-0.05, 0) is 67.5 Å². The first-order valence-electron chi connectivity index (χ1n) is 14.4. The van der Waals surface area contributed by atoms with Crippen molar-refractivity contribution in [3.05, 3.63) is 90.0 Å². The van der Waals surface area contributed by atoms with Gasteiger partial charge in [-0.25, -0.2) is 13.1 Å². The Labute approximate surface area is 242 Å². The molecule has 3 aromatic carbocycles. The van der Waals surface area contributed by atoms with Crippen LogP contribution in [0.3, 0.4) is 0 Å². The first-order valence-corrected chi connectivity index (χ1v) is 15.9. The SMILES string of the molecule is CN(c1ccc(C(=O)NC(CC(=O)NS(=O)(=O)c2ccccc2)c2ccccc2)cc1NCC1CCCC1)C1CC1. The van der Waals surface area contributed by atoms with Crippen molar-refractivity contribution in [1.29, 1.82) is 0 Å². The molecule has 0 bridgehead atoms. The maximum Gasteiger partial charge on any atom is 0.264 e. The Balaban J connectivity index is 1.33. The van der Waals surface area contributed by atoms with Crippen LogP contribution >= 0.6 is 0 Å². The number of anilines is 2. The lowest BCUT2D eigenvalue weighted by atomic mass is 10.0. The Kier molecular flexibility index (Phi) is 8.93. The van der Waals surface area contributed by atoms with Gasteiger partial charge in [-0.1, -0.05) is 61.4 Å². The van der Waals surface area contributed by atoms with Crippen LogP contribution in [0.15, 0.2) is 83.8 Å². The molecule has 0 aliphatic heterocycles. The van der Waals surface area contributed by atoms with E-state index in [2.05, 4.69) is 27.3 Å². The summed E-state index contributed by atoms with van der Waals surface area (Å²) in [5.41, 5.74) is 3.19. The number of rotatable bonds is 12. The highest BCUT2D eigenvalue weighted by molar-refractivity contribution is 7.90. The minimum atomic E-state index is -4.03. The summed E-state index contributed by atoms with van der Waals surface area (Å²) in [5.74, 6) is -0.398. The maximum absolute atomic E-state index is 13.6. The minimum absolute atomic E-state index is 0.00235. The van der Waals surface area contributed by atoms with Gasteiger partial charge in [-0.3, -0.25) is 9.59 Å². The van der Waals surface area contributed by atoms with Crippen molar-refractivity contribution in [3.8, 4) is 0 Å². The third-order valence-corrected chi connectivity index (χ3v) is 9.38. The molecular formula is C32H38N4O4S. The summed E-state index contributed by atoms with van der Waals surface area (Å²) in [4.78, 5) is 28.8. The van der Waals surface area contributed by atoms with Crippen molar-refractivity contribution < 1.29 is 18.0 Å². The number of benzene rings is 3. The fraction of sp³-hybridized carbons (Fsp3) is 0.375. The molecule has 41 heavy (non-hydrogen) atoms. The second-order valence-corrected chi connectivity index (χ2v) is 12.8. The Morgan fingerprint density at radius 1 is 0.902 bits per heavy atom. The van der Waals surface area contributed by atoms with Crippen LogP contribution in [0.5, 0.6) is 0 Å². The highest BCUT2D eigenvalue weighted by Gasteiger charge is 2.29. The summed E-state index contributed by atoms with van der Waals surface area (Å²) >= 11 is 0. The second-order valence-electron chi connectivity index (χ2n) is 11.1. The summed E-state index contributed by atoms with van der Waals surface area (Å²) in [6.45, 7) is 0.874. The van der Waals surface area contributed by atoms with E-state index >= 15 is 0 Å². The van der Waals surface area contributed by atoms with E-state index in [1.54, 1.807) is 18.2 Å². The number of carbonyl (C=O) groups is 2. The molecular weight excluding hydrogens is 536 g/mol. The van der Waals surface area contributed by atoms with Gasteiger partial charge < -0.3 is 15.5 Å². The first kappa shape index (κ1) is 28.7. The number of amides is 2. The van der Waals surface area contributed by atoms with Gasteiger partial charge >= 0.3 is 0 Å². The van der Waals surface area contributed by atoms with Crippen LogP contribution in [0.1, 0.15) is 66.9 Å². The van der Waals surface area contributed by atoms with Crippen molar-refractivity contribution >= 4 is 33.2 Å². The number of hydrogen-bond donors (Lipinski definition) is 3. The number of sulfonamides is 1. The molecule has 0 spiro atoms. The highest BCUT2D eigenvalue weighted by atomic mass is 32.2. The van der Waals surface area contributed by atoms with E-state index in [0.29, 0.717) is 23.1 Å². The van der Waals surface area contributed by atoms with Gasteiger partial charge in [0.25, 0.3) is 15.9 Å². The summed E-state index contributed by atoms with van der Waals surface area (Å²) in [6.07, 6.45) is 7.08. The number of nitrogens with zero attached hydrogens (tertiary/aromatic N) is 1. The van der Waals surface area contributed by atoms with E-state index in [0.717, 1.165) is 17.9 Å². The molecule has 0 saturated heterocycles. The molecule has 2 saturated carbocycles. The molecule has 1 atom stereocenters. The number of carbonyl (C=O) groups excluding carboxylic acids is 2. The van der Waals surface area contributed by atoms with Crippen LogP contribution in [-0.2, 0) is 14.8 Å². The molecule has 0 aromatic heterocycles. The Morgan fingerprint density at radius 2 is 1.56 bits per heavy atom. The zero-order chi connectivity index (χ0) is 28.8. The van der Waals surface area contributed by atoms with Gasteiger partial charge in [-0.2, -0.15) is 0 Å². The summed E-state index contributed by atoms with van der Waals surface area (Å²) < 4.78 is 27.6. The largest absolute Gasteiger partial charge is 0.383 e. The van der Waals surface area contributed by atoms with Gasteiger partial charge in [-0.15, -0.1) is 0 Å². The van der Waals surface area contributed by atoms with Gasteiger partial charge in [0, 0.05) is 25.2 Å².